The number of thioether (sulfide) groups is 1. The smallest absolute Gasteiger partial charge is 0.341 e. The predicted molar refractivity (Wildman–Crippen MR) is 117 cm³/mol. The lowest BCUT2D eigenvalue weighted by Crippen LogP contribution is -2.28. The van der Waals surface area contributed by atoms with Crippen LogP contribution in [0.5, 0.6) is 5.75 Å². The van der Waals surface area contributed by atoms with Gasteiger partial charge in [0.15, 0.2) is 11.8 Å². The first kappa shape index (κ1) is 22.1. The van der Waals surface area contributed by atoms with Crippen LogP contribution >= 0.6 is 11.8 Å². The van der Waals surface area contributed by atoms with E-state index in [0.717, 1.165) is 5.56 Å². The van der Waals surface area contributed by atoms with Crippen LogP contribution in [0.1, 0.15) is 22.8 Å². The van der Waals surface area contributed by atoms with E-state index in [1.165, 1.54) is 18.9 Å². The summed E-state index contributed by atoms with van der Waals surface area (Å²) in [6.45, 7) is 1.88. The van der Waals surface area contributed by atoms with Crippen LogP contribution in [0.4, 0.5) is 5.69 Å². The van der Waals surface area contributed by atoms with Gasteiger partial charge in [0.1, 0.15) is 5.75 Å². The maximum Gasteiger partial charge on any atom is 0.341 e. The number of aliphatic imine (C=N–C) groups is 1. The SMILES string of the molecule is CCN1C(=O)C(=Cc2ccc(OCC(=O)O)cc2)SC1=Nc1cccc(C(=O)OC)c1. The van der Waals surface area contributed by atoms with Gasteiger partial charge in [0.2, 0.25) is 0 Å². The molecule has 1 heterocycles. The number of likely N-dealkylation sites (N-methyl/N-ethyl adjacent to an activating group) is 1. The first-order chi connectivity index (χ1) is 14.9. The van der Waals surface area contributed by atoms with Crippen LogP contribution in [0.15, 0.2) is 58.4 Å². The number of hydrogen-bond acceptors (Lipinski definition) is 7. The van der Waals surface area contributed by atoms with Crippen molar-refractivity contribution in [1.29, 1.82) is 0 Å². The quantitative estimate of drug-likeness (QED) is 0.518. The molecule has 2 aromatic carbocycles. The molecule has 160 valence electrons. The lowest BCUT2D eigenvalue weighted by molar-refractivity contribution is -0.139. The molecular weight excluding hydrogens is 420 g/mol. The Hall–Kier alpha value is -3.59. The highest BCUT2D eigenvalue weighted by Crippen LogP contribution is 2.34. The molecular formula is C22H20N2O6S. The fourth-order valence-corrected chi connectivity index (χ4v) is 3.82. The van der Waals surface area contributed by atoms with Gasteiger partial charge in [0.25, 0.3) is 5.91 Å². The summed E-state index contributed by atoms with van der Waals surface area (Å²) in [5, 5.41) is 9.18. The van der Waals surface area contributed by atoms with Gasteiger partial charge in [-0.05, 0) is 60.7 Å². The minimum Gasteiger partial charge on any atom is -0.482 e. The van der Waals surface area contributed by atoms with Crippen LogP contribution in [-0.2, 0) is 14.3 Å². The van der Waals surface area contributed by atoms with Crippen molar-refractivity contribution in [3.05, 3.63) is 64.6 Å². The molecule has 1 fully saturated rings. The minimum atomic E-state index is -1.05. The number of carbonyl (C=O) groups is 3. The molecule has 0 atom stereocenters. The summed E-state index contributed by atoms with van der Waals surface area (Å²) in [6, 6.07) is 13.5. The molecule has 0 aliphatic carbocycles. The Morgan fingerprint density at radius 2 is 1.94 bits per heavy atom. The largest absolute Gasteiger partial charge is 0.482 e. The number of esters is 1. The molecule has 0 saturated carbocycles. The summed E-state index contributed by atoms with van der Waals surface area (Å²) in [4.78, 5) is 41.7. The molecule has 9 heteroatoms. The van der Waals surface area contributed by atoms with E-state index >= 15 is 0 Å². The third-order valence-corrected chi connectivity index (χ3v) is 5.24. The van der Waals surface area contributed by atoms with Crippen LogP contribution in [0.3, 0.4) is 0 Å². The number of carbonyl (C=O) groups excluding carboxylic acids is 2. The molecule has 0 unspecified atom stereocenters. The summed E-state index contributed by atoms with van der Waals surface area (Å²) in [5.41, 5.74) is 1.68. The average molecular weight is 440 g/mol. The third kappa shape index (κ3) is 5.52. The zero-order valence-corrected chi connectivity index (χ0v) is 17.7. The van der Waals surface area contributed by atoms with E-state index in [0.29, 0.717) is 33.6 Å². The van der Waals surface area contributed by atoms with Gasteiger partial charge in [0.05, 0.1) is 23.3 Å². The van der Waals surface area contributed by atoms with Crippen LogP contribution in [-0.4, -0.2) is 53.3 Å². The first-order valence-corrected chi connectivity index (χ1v) is 10.2. The van der Waals surface area contributed by atoms with Crippen LogP contribution < -0.4 is 4.74 Å². The van der Waals surface area contributed by atoms with Gasteiger partial charge < -0.3 is 14.6 Å². The predicted octanol–water partition coefficient (Wildman–Crippen LogP) is 3.56. The van der Waals surface area contributed by atoms with Crippen molar-refractivity contribution in [3.8, 4) is 5.75 Å². The maximum absolute atomic E-state index is 12.8. The molecule has 0 bridgehead atoms. The van der Waals surface area contributed by atoms with Crippen molar-refractivity contribution in [1.82, 2.24) is 4.90 Å². The molecule has 1 amide bonds. The summed E-state index contributed by atoms with van der Waals surface area (Å²) >= 11 is 1.24. The fourth-order valence-electron chi connectivity index (χ4n) is 2.76. The number of amidine groups is 1. The molecule has 0 aromatic heterocycles. The zero-order chi connectivity index (χ0) is 22.4. The Morgan fingerprint density at radius 1 is 1.19 bits per heavy atom. The average Bonchev–Trinajstić information content (AvgIpc) is 3.06. The summed E-state index contributed by atoms with van der Waals surface area (Å²) < 4.78 is 9.85. The molecule has 1 aliphatic heterocycles. The molecule has 0 radical (unpaired) electrons. The Labute approximate surface area is 183 Å². The van der Waals surface area contributed by atoms with Crippen LogP contribution in [0.2, 0.25) is 0 Å². The van der Waals surface area contributed by atoms with E-state index in [9.17, 15) is 14.4 Å². The van der Waals surface area contributed by atoms with Crippen molar-refractivity contribution in [2.24, 2.45) is 4.99 Å². The van der Waals surface area contributed by atoms with Crippen molar-refractivity contribution < 1.29 is 29.0 Å². The van der Waals surface area contributed by atoms with Gasteiger partial charge in [-0.2, -0.15) is 0 Å². The second-order valence-electron chi connectivity index (χ2n) is 6.35. The van der Waals surface area contributed by atoms with Gasteiger partial charge in [0, 0.05) is 6.54 Å². The number of carboxylic acid groups (broad SMARTS) is 1. The standard InChI is InChI=1S/C22H20N2O6S/c1-3-24-20(27)18(11-14-7-9-17(10-8-14)30-13-19(25)26)31-22(24)23-16-6-4-5-15(12-16)21(28)29-2/h4-12H,3,13H2,1-2H3,(H,25,26). The van der Waals surface area contributed by atoms with E-state index in [2.05, 4.69) is 4.99 Å². The number of benzene rings is 2. The highest BCUT2D eigenvalue weighted by Gasteiger charge is 2.32. The second-order valence-corrected chi connectivity index (χ2v) is 7.36. The summed E-state index contributed by atoms with van der Waals surface area (Å²) in [5.74, 6) is -1.25. The maximum atomic E-state index is 12.8. The molecule has 2 aromatic rings. The molecule has 31 heavy (non-hydrogen) atoms. The van der Waals surface area contributed by atoms with E-state index in [1.807, 2.05) is 6.92 Å². The Balaban J connectivity index is 1.82. The number of rotatable bonds is 7. The van der Waals surface area contributed by atoms with E-state index in [1.54, 1.807) is 59.5 Å². The Morgan fingerprint density at radius 3 is 2.58 bits per heavy atom. The second kappa shape index (κ2) is 9.94. The van der Waals surface area contributed by atoms with Crippen molar-refractivity contribution >= 4 is 46.5 Å². The van der Waals surface area contributed by atoms with Gasteiger partial charge in [-0.25, -0.2) is 14.6 Å². The highest BCUT2D eigenvalue weighted by atomic mass is 32.2. The van der Waals surface area contributed by atoms with Crippen molar-refractivity contribution in [2.75, 3.05) is 20.3 Å². The first-order valence-electron chi connectivity index (χ1n) is 9.34. The Bertz CT molecular complexity index is 1060. The number of amides is 1. The fraction of sp³-hybridized carbons (Fsp3) is 0.182. The van der Waals surface area contributed by atoms with Gasteiger partial charge >= 0.3 is 11.9 Å². The van der Waals surface area contributed by atoms with E-state index < -0.39 is 18.5 Å². The molecule has 1 saturated heterocycles. The molecule has 3 rings (SSSR count). The summed E-state index contributed by atoms with van der Waals surface area (Å²) in [6.07, 6.45) is 1.74. The molecule has 1 N–H and O–H groups in total. The summed E-state index contributed by atoms with van der Waals surface area (Å²) in [7, 11) is 1.31. The topological polar surface area (TPSA) is 106 Å². The molecule has 1 aliphatic rings. The zero-order valence-electron chi connectivity index (χ0n) is 16.9. The number of ether oxygens (including phenoxy) is 2. The number of hydrogen-bond donors (Lipinski definition) is 1. The third-order valence-electron chi connectivity index (χ3n) is 4.24. The monoisotopic (exact) mass is 440 g/mol. The highest BCUT2D eigenvalue weighted by molar-refractivity contribution is 8.18. The van der Waals surface area contributed by atoms with Gasteiger partial charge in [-0.3, -0.25) is 9.69 Å². The van der Waals surface area contributed by atoms with E-state index in [-0.39, 0.29) is 5.91 Å². The number of carboxylic acids is 1. The van der Waals surface area contributed by atoms with Crippen LogP contribution in [0, 0.1) is 0 Å². The van der Waals surface area contributed by atoms with Gasteiger partial charge in [-0.1, -0.05) is 18.2 Å². The number of methoxy groups -OCH3 is 1. The van der Waals surface area contributed by atoms with Crippen LogP contribution in [0.25, 0.3) is 6.08 Å². The van der Waals surface area contributed by atoms with E-state index in [4.69, 9.17) is 14.6 Å². The van der Waals surface area contributed by atoms with Gasteiger partial charge in [-0.15, -0.1) is 0 Å². The Kier molecular flexibility index (Phi) is 7.09. The molecule has 8 nitrogen and oxygen atoms in total. The lowest BCUT2D eigenvalue weighted by atomic mass is 10.2. The van der Waals surface area contributed by atoms with Crippen molar-refractivity contribution in [3.63, 3.8) is 0 Å². The number of nitrogens with zero attached hydrogens (tertiary/aromatic N) is 2. The normalized spacial score (nSPS) is 16.1. The molecule has 0 spiro atoms. The van der Waals surface area contributed by atoms with Crippen molar-refractivity contribution in [2.45, 2.75) is 6.92 Å². The minimum absolute atomic E-state index is 0.165. The number of aliphatic carboxylic acids is 1. The lowest BCUT2D eigenvalue weighted by Gasteiger charge is -2.12.